The third-order valence-corrected chi connectivity index (χ3v) is 3.62. The molecular formula is C14H17N3O4. The Balaban J connectivity index is 2.24. The molecule has 4 N–H and O–H groups in total. The van der Waals surface area contributed by atoms with Crippen molar-refractivity contribution in [2.24, 2.45) is 5.73 Å². The Hall–Kier alpha value is -2.57. The number of imide groups is 1. The molecule has 1 aliphatic rings. The molecule has 1 aliphatic heterocycles. The van der Waals surface area contributed by atoms with Crippen molar-refractivity contribution >= 4 is 23.6 Å². The van der Waals surface area contributed by atoms with Gasteiger partial charge in [-0.3, -0.25) is 14.9 Å². The van der Waals surface area contributed by atoms with Crippen molar-refractivity contribution in [2.75, 3.05) is 11.4 Å². The molecular weight excluding hydrogens is 274 g/mol. The molecule has 2 rings (SSSR count). The fourth-order valence-corrected chi connectivity index (χ4v) is 2.65. The predicted octanol–water partition coefficient (Wildman–Crippen LogP) is 0.648. The molecule has 2 unspecified atom stereocenters. The van der Waals surface area contributed by atoms with E-state index in [1.807, 2.05) is 29.6 Å². The standard InChI is InChI=1S/C14H17N3O4/c1-8(13(20)16-14(15)21)17-7-9(6-12(18)19)10-4-2-3-5-11(10)17/h2-5,8-9H,6-7H2,1H3,(H,18,19)(H3,15,16,20,21). The summed E-state index contributed by atoms with van der Waals surface area (Å²) in [7, 11) is 0. The second-order valence-electron chi connectivity index (χ2n) is 5.04. The van der Waals surface area contributed by atoms with Crippen molar-refractivity contribution < 1.29 is 19.5 Å². The van der Waals surface area contributed by atoms with Gasteiger partial charge in [-0.1, -0.05) is 18.2 Å². The monoisotopic (exact) mass is 291 g/mol. The van der Waals surface area contributed by atoms with Gasteiger partial charge in [0.2, 0.25) is 5.91 Å². The largest absolute Gasteiger partial charge is 0.481 e. The zero-order valence-electron chi connectivity index (χ0n) is 11.6. The van der Waals surface area contributed by atoms with Crippen molar-refractivity contribution in [3.63, 3.8) is 0 Å². The van der Waals surface area contributed by atoms with Crippen molar-refractivity contribution in [2.45, 2.75) is 25.3 Å². The van der Waals surface area contributed by atoms with Crippen molar-refractivity contribution in [1.82, 2.24) is 5.32 Å². The van der Waals surface area contributed by atoms with E-state index in [1.54, 1.807) is 11.8 Å². The highest BCUT2D eigenvalue weighted by atomic mass is 16.4. The van der Waals surface area contributed by atoms with Gasteiger partial charge >= 0.3 is 12.0 Å². The number of hydrogen-bond acceptors (Lipinski definition) is 4. The zero-order chi connectivity index (χ0) is 15.6. The minimum absolute atomic E-state index is 0.00231. The molecule has 0 saturated heterocycles. The molecule has 0 aliphatic carbocycles. The van der Waals surface area contributed by atoms with Crippen LogP contribution in [0, 0.1) is 0 Å². The van der Waals surface area contributed by atoms with Crippen LogP contribution in [0.2, 0.25) is 0 Å². The number of primary amides is 1. The van der Waals surface area contributed by atoms with Crippen LogP contribution >= 0.6 is 0 Å². The lowest BCUT2D eigenvalue weighted by Crippen LogP contribution is -2.48. The Morgan fingerprint density at radius 3 is 2.71 bits per heavy atom. The maximum Gasteiger partial charge on any atom is 0.318 e. The van der Waals surface area contributed by atoms with Crippen LogP contribution in [0.4, 0.5) is 10.5 Å². The van der Waals surface area contributed by atoms with E-state index >= 15 is 0 Å². The fourth-order valence-electron chi connectivity index (χ4n) is 2.65. The number of amides is 3. The Morgan fingerprint density at radius 2 is 2.10 bits per heavy atom. The number of hydrogen-bond donors (Lipinski definition) is 3. The Morgan fingerprint density at radius 1 is 1.43 bits per heavy atom. The molecule has 7 heteroatoms. The molecule has 1 aromatic rings. The average molecular weight is 291 g/mol. The summed E-state index contributed by atoms with van der Waals surface area (Å²) in [5.41, 5.74) is 6.67. The normalized spacial score (nSPS) is 18.0. The summed E-state index contributed by atoms with van der Waals surface area (Å²) >= 11 is 0. The quantitative estimate of drug-likeness (QED) is 0.753. The number of nitrogens with one attached hydrogen (secondary N) is 1. The van der Waals surface area contributed by atoms with Gasteiger partial charge in [0.25, 0.3) is 0 Å². The lowest BCUT2D eigenvalue weighted by atomic mass is 9.98. The van der Waals surface area contributed by atoms with Crippen LogP contribution in [0.5, 0.6) is 0 Å². The highest BCUT2D eigenvalue weighted by molar-refractivity contribution is 5.98. The molecule has 1 heterocycles. The first-order valence-corrected chi connectivity index (χ1v) is 6.57. The SMILES string of the molecule is CC(C(=O)NC(N)=O)N1CC(CC(=O)O)c2ccccc21. The number of carbonyl (C=O) groups excluding carboxylic acids is 2. The van der Waals surface area contributed by atoms with Crippen LogP contribution in [0.15, 0.2) is 24.3 Å². The molecule has 0 spiro atoms. The third kappa shape index (κ3) is 3.13. The zero-order valence-corrected chi connectivity index (χ0v) is 11.6. The second kappa shape index (κ2) is 5.82. The number of carbonyl (C=O) groups is 3. The summed E-state index contributed by atoms with van der Waals surface area (Å²) in [6.45, 7) is 2.07. The number of rotatable bonds is 4. The summed E-state index contributed by atoms with van der Waals surface area (Å²) in [6.07, 6.45) is -0.00231. The molecule has 2 atom stereocenters. The van der Waals surface area contributed by atoms with Crippen molar-refractivity contribution in [3.8, 4) is 0 Å². The minimum Gasteiger partial charge on any atom is -0.481 e. The number of benzene rings is 1. The van der Waals surface area contributed by atoms with E-state index in [9.17, 15) is 14.4 Å². The summed E-state index contributed by atoms with van der Waals surface area (Å²) in [5, 5.41) is 11.0. The minimum atomic E-state index is -0.901. The molecule has 21 heavy (non-hydrogen) atoms. The molecule has 0 aromatic heterocycles. The molecule has 0 fully saturated rings. The topological polar surface area (TPSA) is 113 Å². The van der Waals surface area contributed by atoms with Crippen LogP contribution in [0.1, 0.15) is 24.8 Å². The predicted molar refractivity (Wildman–Crippen MR) is 76.0 cm³/mol. The second-order valence-corrected chi connectivity index (χ2v) is 5.04. The van der Waals surface area contributed by atoms with E-state index in [0.717, 1.165) is 11.3 Å². The number of para-hydroxylation sites is 1. The Bertz CT molecular complexity index is 587. The number of carboxylic acids is 1. The summed E-state index contributed by atoms with van der Waals surface area (Å²) in [5.74, 6) is -1.57. The van der Waals surface area contributed by atoms with Gasteiger partial charge < -0.3 is 15.7 Å². The van der Waals surface area contributed by atoms with E-state index < -0.39 is 23.9 Å². The summed E-state index contributed by atoms with van der Waals surface area (Å²) in [4.78, 5) is 35.4. The van der Waals surface area contributed by atoms with Crippen LogP contribution < -0.4 is 16.0 Å². The van der Waals surface area contributed by atoms with E-state index in [2.05, 4.69) is 0 Å². The van der Waals surface area contributed by atoms with Gasteiger partial charge in [-0.2, -0.15) is 0 Å². The van der Waals surface area contributed by atoms with Crippen LogP contribution in [0.25, 0.3) is 0 Å². The highest BCUT2D eigenvalue weighted by Crippen LogP contribution is 2.38. The van der Waals surface area contributed by atoms with Gasteiger partial charge in [0.05, 0.1) is 6.42 Å². The first-order valence-electron chi connectivity index (χ1n) is 6.57. The van der Waals surface area contributed by atoms with E-state index in [4.69, 9.17) is 10.8 Å². The molecule has 0 bridgehead atoms. The van der Waals surface area contributed by atoms with Crippen LogP contribution in [-0.4, -0.2) is 35.6 Å². The first kappa shape index (κ1) is 14.8. The summed E-state index contributed by atoms with van der Waals surface area (Å²) in [6, 6.07) is 5.85. The van der Waals surface area contributed by atoms with Crippen LogP contribution in [0.3, 0.4) is 0 Å². The Labute approximate surface area is 121 Å². The average Bonchev–Trinajstić information content (AvgIpc) is 2.75. The lowest BCUT2D eigenvalue weighted by molar-refractivity contribution is -0.137. The number of aliphatic carboxylic acids is 1. The fraction of sp³-hybridized carbons (Fsp3) is 0.357. The number of anilines is 1. The first-order chi connectivity index (χ1) is 9.90. The number of urea groups is 1. The molecule has 7 nitrogen and oxygen atoms in total. The Kier molecular flexibility index (Phi) is 4.11. The lowest BCUT2D eigenvalue weighted by Gasteiger charge is -2.26. The van der Waals surface area contributed by atoms with E-state index in [1.165, 1.54) is 0 Å². The maximum atomic E-state index is 11.9. The van der Waals surface area contributed by atoms with Gasteiger partial charge in [-0.25, -0.2) is 4.79 Å². The summed E-state index contributed by atoms with van der Waals surface area (Å²) < 4.78 is 0. The number of carboxylic acid groups (broad SMARTS) is 1. The van der Waals surface area contributed by atoms with Gasteiger partial charge in [0.1, 0.15) is 6.04 Å². The molecule has 0 radical (unpaired) electrons. The smallest absolute Gasteiger partial charge is 0.318 e. The molecule has 1 aromatic carbocycles. The third-order valence-electron chi connectivity index (χ3n) is 3.62. The number of nitrogens with zero attached hydrogens (tertiary/aromatic N) is 1. The molecule has 0 saturated carbocycles. The number of nitrogens with two attached hydrogens (primary N) is 1. The van der Waals surface area contributed by atoms with Crippen molar-refractivity contribution in [3.05, 3.63) is 29.8 Å². The van der Waals surface area contributed by atoms with Crippen molar-refractivity contribution in [1.29, 1.82) is 0 Å². The van der Waals surface area contributed by atoms with Gasteiger partial charge in [0.15, 0.2) is 0 Å². The maximum absolute atomic E-state index is 11.9. The molecule has 3 amide bonds. The van der Waals surface area contributed by atoms with Gasteiger partial charge in [-0.15, -0.1) is 0 Å². The van der Waals surface area contributed by atoms with E-state index in [0.29, 0.717) is 6.54 Å². The van der Waals surface area contributed by atoms with Gasteiger partial charge in [0, 0.05) is 18.2 Å². The molecule has 112 valence electrons. The highest BCUT2D eigenvalue weighted by Gasteiger charge is 2.34. The van der Waals surface area contributed by atoms with Gasteiger partial charge in [-0.05, 0) is 18.6 Å². The number of fused-ring (bicyclic) bond motifs is 1. The van der Waals surface area contributed by atoms with E-state index in [-0.39, 0.29) is 12.3 Å². The van der Waals surface area contributed by atoms with Crippen LogP contribution in [-0.2, 0) is 9.59 Å².